The Morgan fingerprint density at radius 2 is 1.79 bits per heavy atom. The number of aromatic amines is 1. The van der Waals surface area contributed by atoms with Gasteiger partial charge < -0.3 is 24.6 Å². The molecule has 0 spiro atoms. The third-order valence-electron chi connectivity index (χ3n) is 6.37. The predicted molar refractivity (Wildman–Crippen MR) is 128 cm³/mol. The number of fused-ring (bicyclic) bond motifs is 1. The van der Waals surface area contributed by atoms with Crippen molar-refractivity contribution in [2.75, 3.05) is 33.3 Å². The molecule has 1 unspecified atom stereocenters. The first-order valence-corrected chi connectivity index (χ1v) is 11.2. The van der Waals surface area contributed by atoms with Crippen LogP contribution in [0.4, 0.5) is 0 Å². The van der Waals surface area contributed by atoms with E-state index in [1.807, 2.05) is 42.5 Å². The van der Waals surface area contributed by atoms with Gasteiger partial charge in [0, 0.05) is 41.3 Å². The van der Waals surface area contributed by atoms with Crippen LogP contribution >= 0.6 is 0 Å². The van der Waals surface area contributed by atoms with Crippen molar-refractivity contribution in [3.05, 3.63) is 71.4 Å². The molecule has 1 aliphatic heterocycles. The lowest BCUT2D eigenvalue weighted by Gasteiger charge is -2.29. The fourth-order valence-electron chi connectivity index (χ4n) is 4.53. The number of carbonyl (C=O) groups is 2. The number of ether oxygens (including phenoxy) is 1. The number of carbonyl (C=O) groups excluding carboxylic acids is 2. The third-order valence-corrected chi connectivity index (χ3v) is 6.37. The van der Waals surface area contributed by atoms with Gasteiger partial charge in [0.05, 0.1) is 18.7 Å². The summed E-state index contributed by atoms with van der Waals surface area (Å²) in [5.74, 6) is -0.929. The van der Waals surface area contributed by atoms with Gasteiger partial charge in [-0.05, 0) is 25.2 Å². The minimum atomic E-state index is -0.745. The van der Waals surface area contributed by atoms with Gasteiger partial charge in [-0.15, -0.1) is 0 Å². The summed E-state index contributed by atoms with van der Waals surface area (Å²) in [5, 5.41) is 12.2. The zero-order valence-electron chi connectivity index (χ0n) is 19.2. The third kappa shape index (κ3) is 4.00. The number of nitrogens with one attached hydrogen (secondary N) is 1. The number of aliphatic hydroxyl groups is 1. The van der Waals surface area contributed by atoms with E-state index in [1.165, 1.54) is 0 Å². The standard InChI is InChI=1S/C26H29N3O4/c1-4-28(5-2)14-15-29-23(18-11-7-9-13-21(18)33-3)22(25(31)26(29)32)24(30)19-16-27-20-12-8-6-10-17(19)20/h6-13,16,23,27,30H,4-5,14-15H2,1-3H3/b24-22+. The number of para-hydroxylation sites is 2. The van der Waals surface area contributed by atoms with Gasteiger partial charge in [-0.2, -0.15) is 0 Å². The second-order valence-electron chi connectivity index (χ2n) is 8.01. The van der Waals surface area contributed by atoms with Crippen molar-refractivity contribution in [1.82, 2.24) is 14.8 Å². The fourth-order valence-corrected chi connectivity index (χ4v) is 4.53. The highest BCUT2D eigenvalue weighted by Crippen LogP contribution is 2.43. The molecule has 0 bridgehead atoms. The van der Waals surface area contributed by atoms with Crippen LogP contribution in [0.2, 0.25) is 0 Å². The smallest absolute Gasteiger partial charge is 0.295 e. The Morgan fingerprint density at radius 3 is 2.52 bits per heavy atom. The molecule has 0 radical (unpaired) electrons. The Bertz CT molecular complexity index is 1210. The Hall–Kier alpha value is -3.58. The number of methoxy groups -OCH3 is 1. The Balaban J connectivity index is 1.88. The van der Waals surface area contributed by atoms with Crippen molar-refractivity contribution in [1.29, 1.82) is 0 Å². The molecule has 2 N–H and O–H groups in total. The van der Waals surface area contributed by atoms with Gasteiger partial charge in [0.2, 0.25) is 0 Å². The maximum absolute atomic E-state index is 13.3. The van der Waals surface area contributed by atoms with Crippen LogP contribution in [0.3, 0.4) is 0 Å². The average molecular weight is 448 g/mol. The van der Waals surface area contributed by atoms with E-state index in [4.69, 9.17) is 4.74 Å². The van der Waals surface area contributed by atoms with Crippen LogP contribution in [0.5, 0.6) is 5.75 Å². The van der Waals surface area contributed by atoms with Crippen molar-refractivity contribution in [3.8, 4) is 5.75 Å². The van der Waals surface area contributed by atoms with Gasteiger partial charge in [-0.1, -0.05) is 50.2 Å². The van der Waals surface area contributed by atoms with Crippen LogP contribution in [0.1, 0.15) is 31.0 Å². The molecule has 2 aromatic carbocycles. The molecule has 4 rings (SSSR count). The summed E-state index contributed by atoms with van der Waals surface area (Å²) < 4.78 is 5.56. The number of aromatic nitrogens is 1. The molecule has 7 heteroatoms. The minimum absolute atomic E-state index is 0.0776. The molecular formula is C26H29N3O4. The predicted octanol–water partition coefficient (Wildman–Crippen LogP) is 3.94. The van der Waals surface area contributed by atoms with Crippen LogP contribution in [0, 0.1) is 0 Å². The first kappa shape index (κ1) is 22.6. The number of aliphatic hydroxyl groups excluding tert-OH is 1. The molecular weight excluding hydrogens is 418 g/mol. The van der Waals surface area contributed by atoms with Gasteiger partial charge in [0.25, 0.3) is 11.7 Å². The van der Waals surface area contributed by atoms with Crippen LogP contribution in [0.25, 0.3) is 16.7 Å². The summed E-state index contributed by atoms with van der Waals surface area (Å²) in [4.78, 5) is 33.3. The normalized spacial score (nSPS) is 17.9. The number of ketones is 1. The molecule has 0 aliphatic carbocycles. The lowest BCUT2D eigenvalue weighted by Crippen LogP contribution is -2.38. The maximum Gasteiger partial charge on any atom is 0.295 e. The molecule has 0 saturated carbocycles. The number of amides is 1. The van der Waals surface area contributed by atoms with E-state index in [2.05, 4.69) is 23.7 Å². The summed E-state index contributed by atoms with van der Waals surface area (Å²) in [5.41, 5.74) is 2.07. The summed E-state index contributed by atoms with van der Waals surface area (Å²) >= 11 is 0. The molecule has 3 aromatic rings. The molecule has 2 heterocycles. The minimum Gasteiger partial charge on any atom is -0.507 e. The number of Topliss-reactive ketones (excluding diaryl/α,β-unsaturated/α-hetero) is 1. The number of likely N-dealkylation sites (N-methyl/N-ethyl adjacent to an activating group) is 1. The first-order valence-electron chi connectivity index (χ1n) is 11.2. The molecule has 33 heavy (non-hydrogen) atoms. The number of hydrogen-bond donors (Lipinski definition) is 2. The van der Waals surface area contributed by atoms with Gasteiger partial charge in [-0.25, -0.2) is 0 Å². The number of benzene rings is 2. The van der Waals surface area contributed by atoms with Crippen molar-refractivity contribution in [2.24, 2.45) is 0 Å². The quantitative estimate of drug-likeness (QED) is 0.310. The molecule has 1 aromatic heterocycles. The van der Waals surface area contributed by atoms with E-state index < -0.39 is 17.7 Å². The van der Waals surface area contributed by atoms with Crippen molar-refractivity contribution in [3.63, 3.8) is 0 Å². The van der Waals surface area contributed by atoms with Crippen molar-refractivity contribution < 1.29 is 19.4 Å². The summed E-state index contributed by atoms with van der Waals surface area (Å²) in [6.07, 6.45) is 1.67. The summed E-state index contributed by atoms with van der Waals surface area (Å²) in [6.45, 7) is 6.79. The van der Waals surface area contributed by atoms with Gasteiger partial charge in [0.1, 0.15) is 11.5 Å². The zero-order valence-corrected chi connectivity index (χ0v) is 19.2. The molecule has 1 amide bonds. The average Bonchev–Trinajstić information content (AvgIpc) is 3.39. The number of likely N-dealkylation sites (tertiary alicyclic amines) is 1. The highest BCUT2D eigenvalue weighted by Gasteiger charge is 2.47. The van der Waals surface area contributed by atoms with E-state index >= 15 is 0 Å². The molecule has 7 nitrogen and oxygen atoms in total. The second kappa shape index (κ2) is 9.50. The van der Waals surface area contributed by atoms with Crippen LogP contribution in [-0.2, 0) is 9.59 Å². The SMILES string of the molecule is CCN(CC)CCN1C(=O)C(=O)/C(=C(/O)c2c[nH]c3ccccc23)C1c1ccccc1OC. The number of nitrogens with zero attached hydrogens (tertiary/aromatic N) is 2. The second-order valence-corrected chi connectivity index (χ2v) is 8.01. The largest absolute Gasteiger partial charge is 0.507 e. The van der Waals surface area contributed by atoms with E-state index in [9.17, 15) is 14.7 Å². The fraction of sp³-hybridized carbons (Fsp3) is 0.308. The molecule has 1 fully saturated rings. The topological polar surface area (TPSA) is 85.9 Å². The van der Waals surface area contributed by atoms with E-state index in [-0.39, 0.29) is 11.3 Å². The van der Waals surface area contributed by atoms with Crippen LogP contribution < -0.4 is 4.74 Å². The molecule has 1 atom stereocenters. The lowest BCUT2D eigenvalue weighted by atomic mass is 9.94. The monoisotopic (exact) mass is 447 g/mol. The number of rotatable bonds is 8. The summed E-state index contributed by atoms with van der Waals surface area (Å²) in [6, 6.07) is 14.1. The highest BCUT2D eigenvalue weighted by atomic mass is 16.5. The maximum atomic E-state index is 13.3. The van der Waals surface area contributed by atoms with E-state index in [0.29, 0.717) is 30.0 Å². The van der Waals surface area contributed by atoms with Gasteiger partial charge in [-0.3, -0.25) is 9.59 Å². The Morgan fingerprint density at radius 1 is 1.09 bits per heavy atom. The number of H-pyrrole nitrogens is 1. The zero-order chi connectivity index (χ0) is 23.5. The summed E-state index contributed by atoms with van der Waals surface area (Å²) in [7, 11) is 1.56. The van der Waals surface area contributed by atoms with Gasteiger partial charge in [0.15, 0.2) is 0 Å². The van der Waals surface area contributed by atoms with E-state index in [0.717, 1.165) is 24.0 Å². The Kier molecular flexibility index (Phi) is 6.51. The number of hydrogen-bond acceptors (Lipinski definition) is 5. The van der Waals surface area contributed by atoms with Gasteiger partial charge >= 0.3 is 0 Å². The van der Waals surface area contributed by atoms with Crippen molar-refractivity contribution >= 4 is 28.4 Å². The highest BCUT2D eigenvalue weighted by molar-refractivity contribution is 6.46. The van der Waals surface area contributed by atoms with Crippen molar-refractivity contribution in [2.45, 2.75) is 19.9 Å². The van der Waals surface area contributed by atoms with Crippen LogP contribution in [-0.4, -0.2) is 64.9 Å². The first-order chi connectivity index (χ1) is 16.0. The Labute approximate surface area is 193 Å². The molecule has 1 aliphatic rings. The van der Waals surface area contributed by atoms with Crippen LogP contribution in [0.15, 0.2) is 60.3 Å². The molecule has 172 valence electrons. The lowest BCUT2D eigenvalue weighted by molar-refractivity contribution is -0.140. The molecule has 1 saturated heterocycles. The van der Waals surface area contributed by atoms with E-state index in [1.54, 1.807) is 24.3 Å².